The summed E-state index contributed by atoms with van der Waals surface area (Å²) in [6, 6.07) is 7.99. The number of ketones is 1. The van der Waals surface area contributed by atoms with Crippen LogP contribution in [-0.4, -0.2) is 48.4 Å². The summed E-state index contributed by atoms with van der Waals surface area (Å²) in [5.74, 6) is -1.62. The first-order chi connectivity index (χ1) is 18.1. The molecule has 7 nitrogen and oxygen atoms in total. The lowest BCUT2D eigenvalue weighted by molar-refractivity contribution is -0.163. The average Bonchev–Trinajstić information content (AvgIpc) is 3.29. The minimum Gasteiger partial charge on any atom is -0.465 e. The highest BCUT2D eigenvalue weighted by Crippen LogP contribution is 2.20. The maximum atomic E-state index is 12.5. The van der Waals surface area contributed by atoms with Gasteiger partial charge in [0.1, 0.15) is 0 Å². The Morgan fingerprint density at radius 2 is 1.54 bits per heavy atom. The number of carbonyl (C=O) groups excluding carboxylic acids is 3. The maximum Gasteiger partial charge on any atom is 0.356 e. The second-order valence-corrected chi connectivity index (χ2v) is 10.0. The van der Waals surface area contributed by atoms with Gasteiger partial charge in [-0.1, -0.05) is 102 Å². The number of carbonyl (C=O) groups is 3. The van der Waals surface area contributed by atoms with Crippen molar-refractivity contribution in [3.8, 4) is 0 Å². The quantitative estimate of drug-likeness (QED) is 0.152. The van der Waals surface area contributed by atoms with E-state index in [0.717, 1.165) is 24.8 Å². The predicted octanol–water partition coefficient (Wildman–Crippen LogP) is 5.64. The van der Waals surface area contributed by atoms with Crippen LogP contribution in [0.1, 0.15) is 95.1 Å². The van der Waals surface area contributed by atoms with Crippen LogP contribution in [0, 0.1) is 0 Å². The fourth-order valence-electron chi connectivity index (χ4n) is 4.76. The van der Waals surface area contributed by atoms with Crippen molar-refractivity contribution in [2.24, 2.45) is 0 Å². The molecular weight excluding hydrogens is 470 g/mol. The topological polar surface area (TPSA) is 82.1 Å². The number of rotatable bonds is 17. The Balaban J connectivity index is 1.21. The summed E-state index contributed by atoms with van der Waals surface area (Å²) < 4.78 is 16.0. The molecule has 1 unspecified atom stereocenters. The highest BCUT2D eigenvalue weighted by molar-refractivity contribution is 6.09. The number of hydrogen-bond acceptors (Lipinski definition) is 6. The Hall–Kier alpha value is -2.83. The number of fused-ring (bicyclic) bond motifs is 1. The third-order valence-electron chi connectivity index (χ3n) is 7.03. The normalized spacial score (nSPS) is 16.7. The van der Waals surface area contributed by atoms with Gasteiger partial charge in [-0.3, -0.25) is 9.59 Å². The third-order valence-corrected chi connectivity index (χ3v) is 7.03. The molecule has 0 aliphatic carbocycles. The van der Waals surface area contributed by atoms with Crippen molar-refractivity contribution in [1.29, 1.82) is 0 Å². The van der Waals surface area contributed by atoms with Crippen molar-refractivity contribution in [1.82, 2.24) is 4.90 Å². The second kappa shape index (κ2) is 16.1. The standard InChI is InChI=1S/C30H43NO6/c1-2-3-4-5-6-7-8-9-10-11-12-15-20-35-28-21-26(32)29(37-28)30(34)36-23-27(33)31-19-18-24-16-13-14-17-25(24)22-31/h13-14,16-17,21,29H,2-12,15,18-20,22-23H2,1H3. The zero-order chi connectivity index (χ0) is 26.3. The van der Waals surface area contributed by atoms with Crippen molar-refractivity contribution < 1.29 is 28.6 Å². The van der Waals surface area contributed by atoms with Crippen LogP contribution in [0.4, 0.5) is 0 Å². The van der Waals surface area contributed by atoms with Crippen LogP contribution in [0.3, 0.4) is 0 Å². The molecule has 2 aliphatic heterocycles. The van der Waals surface area contributed by atoms with E-state index in [1.807, 2.05) is 18.2 Å². The van der Waals surface area contributed by atoms with E-state index in [0.29, 0.717) is 19.7 Å². The number of ether oxygens (including phenoxy) is 3. The number of benzene rings is 1. The van der Waals surface area contributed by atoms with Crippen LogP contribution < -0.4 is 0 Å². The molecule has 0 saturated heterocycles. The number of hydrogen-bond donors (Lipinski definition) is 0. The van der Waals surface area contributed by atoms with Crippen molar-refractivity contribution >= 4 is 17.7 Å². The van der Waals surface area contributed by atoms with E-state index >= 15 is 0 Å². The molecule has 0 spiro atoms. The molecule has 0 fully saturated rings. The molecule has 7 heteroatoms. The zero-order valence-electron chi connectivity index (χ0n) is 22.4. The minimum atomic E-state index is -1.40. The SMILES string of the molecule is CCCCCCCCCCCCCCOC1=CC(=O)C(C(=O)OCC(=O)N2CCc3ccccc3C2)O1. The first kappa shape index (κ1) is 28.7. The van der Waals surface area contributed by atoms with Crippen LogP contribution in [-0.2, 0) is 41.6 Å². The first-order valence-corrected chi connectivity index (χ1v) is 14.1. The van der Waals surface area contributed by atoms with Gasteiger partial charge >= 0.3 is 5.97 Å². The van der Waals surface area contributed by atoms with Crippen LogP contribution in [0.15, 0.2) is 36.3 Å². The van der Waals surface area contributed by atoms with Crippen LogP contribution >= 0.6 is 0 Å². The monoisotopic (exact) mass is 513 g/mol. The van der Waals surface area contributed by atoms with Gasteiger partial charge in [-0.2, -0.15) is 0 Å². The molecule has 0 aromatic heterocycles. The molecule has 1 aromatic rings. The van der Waals surface area contributed by atoms with Gasteiger partial charge in [0.05, 0.1) is 12.7 Å². The predicted molar refractivity (Wildman–Crippen MR) is 142 cm³/mol. The average molecular weight is 514 g/mol. The molecule has 2 heterocycles. The molecular formula is C30H43NO6. The summed E-state index contributed by atoms with van der Waals surface area (Å²) in [5.41, 5.74) is 2.33. The summed E-state index contributed by atoms with van der Waals surface area (Å²) in [7, 11) is 0. The first-order valence-electron chi connectivity index (χ1n) is 14.1. The molecule has 0 N–H and O–H groups in total. The number of amides is 1. The summed E-state index contributed by atoms with van der Waals surface area (Å²) in [6.45, 7) is 3.34. The maximum absolute atomic E-state index is 12.5. The molecule has 1 amide bonds. The lowest BCUT2D eigenvalue weighted by atomic mass is 10.00. The summed E-state index contributed by atoms with van der Waals surface area (Å²) in [5, 5.41) is 0. The van der Waals surface area contributed by atoms with Crippen molar-refractivity contribution in [2.75, 3.05) is 19.8 Å². The fraction of sp³-hybridized carbons (Fsp3) is 0.633. The van der Waals surface area contributed by atoms with E-state index < -0.39 is 24.5 Å². The van der Waals surface area contributed by atoms with Gasteiger partial charge in [0.15, 0.2) is 6.61 Å². The summed E-state index contributed by atoms with van der Waals surface area (Å²) in [6.07, 6.45) is 15.6. The van der Waals surface area contributed by atoms with Crippen LogP contribution in [0.25, 0.3) is 0 Å². The molecule has 2 aliphatic rings. The molecule has 0 radical (unpaired) electrons. The summed E-state index contributed by atoms with van der Waals surface area (Å²) in [4.78, 5) is 38.7. The van der Waals surface area contributed by atoms with E-state index in [9.17, 15) is 14.4 Å². The molecule has 1 aromatic carbocycles. The number of esters is 1. The molecule has 1 atom stereocenters. The number of unbranched alkanes of at least 4 members (excludes halogenated alkanes) is 11. The third kappa shape index (κ3) is 9.86. The van der Waals surface area contributed by atoms with E-state index in [2.05, 4.69) is 13.0 Å². The Labute approximate surface area is 221 Å². The highest BCUT2D eigenvalue weighted by Gasteiger charge is 2.36. The molecule has 0 saturated carbocycles. The lowest BCUT2D eigenvalue weighted by Gasteiger charge is -2.28. The fourth-order valence-corrected chi connectivity index (χ4v) is 4.76. The second-order valence-electron chi connectivity index (χ2n) is 10.0. The van der Waals surface area contributed by atoms with Gasteiger partial charge in [-0.25, -0.2) is 4.79 Å². The lowest BCUT2D eigenvalue weighted by Crippen LogP contribution is -2.40. The molecule has 204 valence electrons. The number of nitrogens with zero attached hydrogens (tertiary/aromatic N) is 1. The van der Waals surface area contributed by atoms with Gasteiger partial charge in [0.2, 0.25) is 5.78 Å². The molecule has 37 heavy (non-hydrogen) atoms. The van der Waals surface area contributed by atoms with Gasteiger partial charge < -0.3 is 19.1 Å². The van der Waals surface area contributed by atoms with Crippen LogP contribution in [0.5, 0.6) is 0 Å². The zero-order valence-corrected chi connectivity index (χ0v) is 22.4. The highest BCUT2D eigenvalue weighted by atomic mass is 16.7. The van der Waals surface area contributed by atoms with E-state index in [4.69, 9.17) is 14.2 Å². The van der Waals surface area contributed by atoms with E-state index in [1.54, 1.807) is 4.90 Å². The minimum absolute atomic E-state index is 0.0500. The van der Waals surface area contributed by atoms with Gasteiger partial charge in [0.25, 0.3) is 18.0 Å². The Kier molecular flexibility index (Phi) is 12.5. The van der Waals surface area contributed by atoms with Crippen LogP contribution in [0.2, 0.25) is 0 Å². The van der Waals surface area contributed by atoms with Crippen molar-refractivity contribution in [3.05, 3.63) is 47.4 Å². The van der Waals surface area contributed by atoms with Crippen molar-refractivity contribution in [2.45, 2.75) is 103 Å². The van der Waals surface area contributed by atoms with Gasteiger partial charge in [0, 0.05) is 13.1 Å². The molecule has 0 bridgehead atoms. The van der Waals surface area contributed by atoms with Gasteiger partial charge in [-0.15, -0.1) is 0 Å². The Bertz CT molecular complexity index is 911. The van der Waals surface area contributed by atoms with Gasteiger partial charge in [-0.05, 0) is 24.0 Å². The summed E-state index contributed by atoms with van der Waals surface area (Å²) >= 11 is 0. The van der Waals surface area contributed by atoms with Crippen molar-refractivity contribution in [3.63, 3.8) is 0 Å². The smallest absolute Gasteiger partial charge is 0.356 e. The van der Waals surface area contributed by atoms with E-state index in [-0.39, 0.29) is 11.9 Å². The van der Waals surface area contributed by atoms with E-state index in [1.165, 1.54) is 75.8 Å². The largest absolute Gasteiger partial charge is 0.465 e. The molecule has 3 rings (SSSR count). The Morgan fingerprint density at radius 3 is 2.22 bits per heavy atom. The Morgan fingerprint density at radius 1 is 0.919 bits per heavy atom.